The summed E-state index contributed by atoms with van der Waals surface area (Å²) in [5.41, 5.74) is 4.49. The smallest absolute Gasteiger partial charge is 0.362 e. The number of hydrogen-bond donors (Lipinski definition) is 0. The van der Waals surface area contributed by atoms with E-state index in [2.05, 4.69) is 86.5 Å². The highest BCUT2D eigenvalue weighted by molar-refractivity contribution is 5.87. The Hall–Kier alpha value is -3.59. The fraction of sp³-hybridized carbons (Fsp3) is 0.308. The molecule has 3 aromatic carbocycles. The van der Waals surface area contributed by atoms with E-state index in [-0.39, 0.29) is 6.54 Å². The predicted molar refractivity (Wildman–Crippen MR) is 130 cm³/mol. The van der Waals surface area contributed by atoms with Crippen LogP contribution in [0.5, 0.6) is 0 Å². The second-order valence-electron chi connectivity index (χ2n) is 9.24. The molecule has 6 nitrogen and oxygen atoms in total. The van der Waals surface area contributed by atoms with Gasteiger partial charge >= 0.3 is 6.18 Å². The summed E-state index contributed by atoms with van der Waals surface area (Å²) in [6, 6.07) is 21.3. The molecule has 4 aromatic rings. The zero-order valence-corrected chi connectivity index (χ0v) is 19.3. The van der Waals surface area contributed by atoms with Gasteiger partial charge in [-0.05, 0) is 53.7 Å². The van der Waals surface area contributed by atoms with E-state index in [4.69, 9.17) is 0 Å². The van der Waals surface area contributed by atoms with Crippen molar-refractivity contribution in [1.29, 1.82) is 0 Å². The van der Waals surface area contributed by atoms with Crippen LogP contribution in [0.15, 0.2) is 60.7 Å². The lowest BCUT2D eigenvalue weighted by Gasteiger charge is -2.31. The van der Waals surface area contributed by atoms with E-state index in [9.17, 15) is 13.2 Å². The summed E-state index contributed by atoms with van der Waals surface area (Å²) in [5.74, 6) is -0.574. The van der Waals surface area contributed by atoms with Crippen LogP contribution in [0.1, 0.15) is 17.2 Å². The van der Waals surface area contributed by atoms with Crippen LogP contribution in [-0.4, -0.2) is 46.3 Å². The number of halogens is 3. The van der Waals surface area contributed by atoms with Crippen LogP contribution in [-0.2, 0) is 25.8 Å². The third-order valence-electron chi connectivity index (χ3n) is 6.92. The second kappa shape index (κ2) is 8.27. The number of nitrogens with zero attached hydrogens (tertiary/aromatic N) is 6. The van der Waals surface area contributed by atoms with Gasteiger partial charge in [0.2, 0.25) is 5.82 Å². The highest BCUT2D eigenvalue weighted by atomic mass is 19.4. The maximum Gasteiger partial charge on any atom is 0.451 e. The molecule has 6 rings (SSSR count). The van der Waals surface area contributed by atoms with Crippen molar-refractivity contribution in [3.8, 4) is 0 Å². The average Bonchev–Trinajstić information content (AvgIpc) is 3.21. The number of benzene rings is 3. The standard InChI is InChI=1S/C26H25F3N6/c1-32-10-12-34(22-7-6-18-4-2-3-5-19(18)14-22)23-9-8-21(15-20(23)16-32)33-11-13-35-24(17-33)30-31-25(35)26(27,28)29/h2-9,14-15H,10-13,16-17H2,1H3. The highest BCUT2D eigenvalue weighted by Crippen LogP contribution is 2.36. The summed E-state index contributed by atoms with van der Waals surface area (Å²) in [4.78, 5) is 6.74. The van der Waals surface area contributed by atoms with Crippen LogP contribution < -0.4 is 9.80 Å². The molecule has 0 aliphatic carbocycles. The minimum Gasteiger partial charge on any atom is -0.362 e. The third-order valence-corrected chi connectivity index (χ3v) is 6.92. The molecule has 1 aromatic heterocycles. The summed E-state index contributed by atoms with van der Waals surface area (Å²) in [5, 5.41) is 9.65. The van der Waals surface area contributed by atoms with Crippen LogP contribution >= 0.6 is 0 Å². The second-order valence-corrected chi connectivity index (χ2v) is 9.24. The lowest BCUT2D eigenvalue weighted by atomic mass is 10.1. The molecule has 0 saturated carbocycles. The van der Waals surface area contributed by atoms with Crippen molar-refractivity contribution in [2.24, 2.45) is 0 Å². The molecule has 0 atom stereocenters. The van der Waals surface area contributed by atoms with Gasteiger partial charge in [-0.15, -0.1) is 10.2 Å². The Kier molecular flexibility index (Phi) is 5.17. The van der Waals surface area contributed by atoms with Crippen molar-refractivity contribution in [2.45, 2.75) is 25.8 Å². The molecule has 0 N–H and O–H groups in total. The van der Waals surface area contributed by atoms with E-state index in [0.29, 0.717) is 18.9 Å². The summed E-state index contributed by atoms with van der Waals surface area (Å²) >= 11 is 0. The van der Waals surface area contributed by atoms with E-state index >= 15 is 0 Å². The van der Waals surface area contributed by atoms with Gasteiger partial charge in [0.15, 0.2) is 5.82 Å². The van der Waals surface area contributed by atoms with Gasteiger partial charge in [0.25, 0.3) is 0 Å². The summed E-state index contributed by atoms with van der Waals surface area (Å²) < 4.78 is 40.8. The largest absolute Gasteiger partial charge is 0.451 e. The maximum absolute atomic E-state index is 13.2. The summed E-state index contributed by atoms with van der Waals surface area (Å²) in [6.45, 7) is 3.56. The molecule has 0 spiro atoms. The molecule has 2 aliphatic heterocycles. The van der Waals surface area contributed by atoms with E-state index in [1.807, 2.05) is 6.07 Å². The molecule has 0 fully saturated rings. The molecular weight excluding hydrogens is 453 g/mol. The van der Waals surface area contributed by atoms with Gasteiger partial charge in [0, 0.05) is 49.8 Å². The molecule has 0 amide bonds. The Morgan fingerprint density at radius 3 is 2.40 bits per heavy atom. The number of anilines is 3. The lowest BCUT2D eigenvalue weighted by Crippen LogP contribution is -2.35. The molecule has 0 radical (unpaired) electrons. The molecule has 180 valence electrons. The Morgan fingerprint density at radius 2 is 1.57 bits per heavy atom. The summed E-state index contributed by atoms with van der Waals surface area (Å²) in [6.07, 6.45) is -4.49. The molecule has 0 saturated heterocycles. The van der Waals surface area contributed by atoms with Gasteiger partial charge in [-0.2, -0.15) is 13.2 Å². The number of rotatable bonds is 2. The number of likely N-dealkylation sites (N-methyl/N-ethyl adjacent to an activating group) is 1. The van der Waals surface area contributed by atoms with Crippen molar-refractivity contribution in [3.05, 3.63) is 77.9 Å². The fourth-order valence-corrected chi connectivity index (χ4v) is 5.12. The molecule has 35 heavy (non-hydrogen) atoms. The number of alkyl halides is 3. The first-order valence-corrected chi connectivity index (χ1v) is 11.7. The zero-order valence-electron chi connectivity index (χ0n) is 19.3. The predicted octanol–water partition coefficient (Wildman–Crippen LogP) is 5.05. The number of aromatic nitrogens is 3. The average molecular weight is 479 g/mol. The molecular formula is C26H25F3N6. The van der Waals surface area contributed by atoms with E-state index in [1.54, 1.807) is 0 Å². The Balaban J connectivity index is 1.33. The van der Waals surface area contributed by atoms with Crippen LogP contribution in [0.3, 0.4) is 0 Å². The van der Waals surface area contributed by atoms with Gasteiger partial charge in [-0.1, -0.05) is 30.3 Å². The molecule has 0 bridgehead atoms. The third kappa shape index (κ3) is 3.99. The number of hydrogen-bond acceptors (Lipinski definition) is 5. The van der Waals surface area contributed by atoms with E-state index in [0.717, 1.165) is 36.7 Å². The van der Waals surface area contributed by atoms with Crippen LogP contribution in [0.25, 0.3) is 10.8 Å². The fourth-order valence-electron chi connectivity index (χ4n) is 5.12. The first-order chi connectivity index (χ1) is 16.9. The van der Waals surface area contributed by atoms with Crippen LogP contribution in [0.2, 0.25) is 0 Å². The SMILES string of the molecule is CN1CCN(c2ccc3ccccc3c2)c2ccc(N3CCn4c(nnc4C(F)(F)F)C3)cc2C1. The zero-order chi connectivity index (χ0) is 24.2. The minimum absolute atomic E-state index is 0.206. The van der Waals surface area contributed by atoms with Crippen molar-refractivity contribution in [1.82, 2.24) is 19.7 Å². The van der Waals surface area contributed by atoms with Crippen LogP contribution in [0.4, 0.5) is 30.2 Å². The molecule has 2 aliphatic rings. The van der Waals surface area contributed by atoms with E-state index < -0.39 is 12.0 Å². The molecule has 3 heterocycles. The Bertz CT molecular complexity index is 1400. The quantitative estimate of drug-likeness (QED) is 0.403. The van der Waals surface area contributed by atoms with Gasteiger partial charge in [0.05, 0.1) is 6.54 Å². The van der Waals surface area contributed by atoms with Gasteiger partial charge in [-0.25, -0.2) is 0 Å². The Morgan fingerprint density at radius 1 is 0.771 bits per heavy atom. The minimum atomic E-state index is -4.49. The van der Waals surface area contributed by atoms with Crippen molar-refractivity contribution < 1.29 is 13.2 Å². The Labute approximate surface area is 201 Å². The van der Waals surface area contributed by atoms with Gasteiger partial charge < -0.3 is 19.3 Å². The van der Waals surface area contributed by atoms with Crippen molar-refractivity contribution in [2.75, 3.05) is 36.5 Å². The lowest BCUT2D eigenvalue weighted by molar-refractivity contribution is -0.147. The molecule has 9 heteroatoms. The molecule has 0 unspecified atom stereocenters. The first kappa shape index (κ1) is 21.9. The van der Waals surface area contributed by atoms with Crippen molar-refractivity contribution >= 4 is 27.8 Å². The number of fused-ring (bicyclic) bond motifs is 3. The monoisotopic (exact) mass is 478 g/mol. The summed E-state index contributed by atoms with van der Waals surface area (Å²) in [7, 11) is 2.11. The van der Waals surface area contributed by atoms with Crippen molar-refractivity contribution in [3.63, 3.8) is 0 Å². The van der Waals surface area contributed by atoms with Crippen LogP contribution in [0, 0.1) is 0 Å². The van der Waals surface area contributed by atoms with Gasteiger partial charge in [-0.3, -0.25) is 0 Å². The normalized spacial score (nSPS) is 16.8. The van der Waals surface area contributed by atoms with Gasteiger partial charge in [0.1, 0.15) is 0 Å². The topological polar surface area (TPSA) is 40.4 Å². The maximum atomic E-state index is 13.2. The highest BCUT2D eigenvalue weighted by Gasteiger charge is 2.39. The van der Waals surface area contributed by atoms with E-state index in [1.165, 1.54) is 20.9 Å². The first-order valence-electron chi connectivity index (χ1n) is 11.7.